The molecule has 17 heavy (non-hydrogen) atoms. The van der Waals surface area contributed by atoms with Crippen LogP contribution in [0.1, 0.15) is 5.56 Å². The quantitative estimate of drug-likeness (QED) is 0.800. The van der Waals surface area contributed by atoms with Gasteiger partial charge in [0.2, 0.25) is 0 Å². The lowest BCUT2D eigenvalue weighted by atomic mass is 10.2. The Morgan fingerprint density at radius 1 is 1.00 bits per heavy atom. The van der Waals surface area contributed by atoms with Crippen LogP contribution in [0, 0.1) is 0 Å². The second kappa shape index (κ2) is 5.21. The maximum Gasteiger partial charge on any atom is 0.136 e. The molecule has 0 aliphatic heterocycles. The van der Waals surface area contributed by atoms with Gasteiger partial charge in [-0.15, -0.1) is 0 Å². The van der Waals surface area contributed by atoms with E-state index < -0.39 is 0 Å². The number of aliphatic imine (C=N–C) groups is 1. The van der Waals surface area contributed by atoms with Crippen LogP contribution in [0.5, 0.6) is 5.75 Å². The molecule has 2 aromatic rings. The fourth-order valence-corrected chi connectivity index (χ4v) is 1.80. The van der Waals surface area contributed by atoms with Crippen molar-refractivity contribution in [1.29, 1.82) is 0 Å². The molecule has 0 unspecified atom stereocenters. The van der Waals surface area contributed by atoms with Crippen molar-refractivity contribution in [2.24, 2.45) is 4.99 Å². The largest absolute Gasteiger partial charge is 0.506 e. The normalized spacial score (nSPS) is 10.9. The highest BCUT2D eigenvalue weighted by atomic mass is 35.5. The van der Waals surface area contributed by atoms with Crippen molar-refractivity contribution in [3.8, 4) is 5.75 Å². The third-order valence-electron chi connectivity index (χ3n) is 2.19. The van der Waals surface area contributed by atoms with Gasteiger partial charge in [-0.1, -0.05) is 53.5 Å². The Kier molecular flexibility index (Phi) is 3.67. The van der Waals surface area contributed by atoms with E-state index in [-0.39, 0.29) is 10.8 Å². The summed E-state index contributed by atoms with van der Waals surface area (Å²) in [6.07, 6.45) is 1.65. The van der Waals surface area contributed by atoms with Gasteiger partial charge >= 0.3 is 0 Å². The van der Waals surface area contributed by atoms with Crippen molar-refractivity contribution in [3.63, 3.8) is 0 Å². The van der Waals surface area contributed by atoms with Gasteiger partial charge in [0.25, 0.3) is 0 Å². The van der Waals surface area contributed by atoms with E-state index in [2.05, 4.69) is 4.99 Å². The number of hydrogen-bond donors (Lipinski definition) is 1. The van der Waals surface area contributed by atoms with Crippen molar-refractivity contribution in [2.45, 2.75) is 0 Å². The van der Waals surface area contributed by atoms with Crippen molar-refractivity contribution in [3.05, 3.63) is 58.1 Å². The van der Waals surface area contributed by atoms with Crippen LogP contribution in [0.3, 0.4) is 0 Å². The van der Waals surface area contributed by atoms with Crippen LogP contribution in [-0.4, -0.2) is 11.3 Å². The smallest absolute Gasteiger partial charge is 0.136 e. The third kappa shape index (κ3) is 2.78. The van der Waals surface area contributed by atoms with Crippen molar-refractivity contribution in [1.82, 2.24) is 0 Å². The van der Waals surface area contributed by atoms with E-state index in [9.17, 15) is 5.11 Å². The summed E-state index contributed by atoms with van der Waals surface area (Å²) < 4.78 is 0. The maximum atomic E-state index is 9.46. The number of aromatic hydroxyl groups is 1. The van der Waals surface area contributed by atoms with Crippen LogP contribution in [0.25, 0.3) is 0 Å². The van der Waals surface area contributed by atoms with Gasteiger partial charge in [0.15, 0.2) is 0 Å². The van der Waals surface area contributed by atoms with E-state index in [0.717, 1.165) is 5.56 Å². The Bertz CT molecular complexity index is 553. The molecule has 4 heteroatoms. The third-order valence-corrected chi connectivity index (χ3v) is 2.87. The number of phenols is 1. The van der Waals surface area contributed by atoms with E-state index in [0.29, 0.717) is 10.7 Å². The first-order chi connectivity index (χ1) is 8.18. The lowest BCUT2D eigenvalue weighted by Crippen LogP contribution is -1.80. The number of rotatable bonds is 2. The Morgan fingerprint density at radius 3 is 2.41 bits per heavy atom. The van der Waals surface area contributed by atoms with Crippen molar-refractivity contribution >= 4 is 35.1 Å². The molecule has 2 nitrogen and oxygen atoms in total. The lowest BCUT2D eigenvalue weighted by Gasteiger charge is -2.03. The van der Waals surface area contributed by atoms with Gasteiger partial charge in [-0.25, -0.2) is 0 Å². The molecule has 0 spiro atoms. The van der Waals surface area contributed by atoms with E-state index >= 15 is 0 Å². The molecule has 0 heterocycles. The summed E-state index contributed by atoms with van der Waals surface area (Å²) in [6.45, 7) is 0. The topological polar surface area (TPSA) is 32.6 Å². The van der Waals surface area contributed by atoms with Gasteiger partial charge in [0, 0.05) is 6.21 Å². The molecule has 86 valence electrons. The summed E-state index contributed by atoms with van der Waals surface area (Å²) in [7, 11) is 0. The average molecular weight is 266 g/mol. The van der Waals surface area contributed by atoms with Crippen LogP contribution < -0.4 is 0 Å². The molecule has 0 aromatic heterocycles. The lowest BCUT2D eigenvalue weighted by molar-refractivity contribution is 0.476. The maximum absolute atomic E-state index is 9.46. The summed E-state index contributed by atoms with van der Waals surface area (Å²) >= 11 is 11.9. The monoisotopic (exact) mass is 265 g/mol. The minimum Gasteiger partial charge on any atom is -0.506 e. The highest BCUT2D eigenvalue weighted by molar-refractivity contribution is 6.39. The zero-order valence-electron chi connectivity index (χ0n) is 8.77. The summed E-state index contributed by atoms with van der Waals surface area (Å²) in [5, 5.41) is 10.0. The first-order valence-electron chi connectivity index (χ1n) is 4.94. The van der Waals surface area contributed by atoms with Crippen LogP contribution >= 0.6 is 23.2 Å². The van der Waals surface area contributed by atoms with Gasteiger partial charge in [0.1, 0.15) is 16.5 Å². The molecule has 0 radical (unpaired) electrons. The molecule has 0 aliphatic carbocycles. The molecule has 0 aliphatic rings. The molecule has 0 fully saturated rings. The number of hydrogen-bond acceptors (Lipinski definition) is 2. The van der Waals surface area contributed by atoms with Gasteiger partial charge in [-0.3, -0.25) is 4.99 Å². The van der Waals surface area contributed by atoms with Crippen LogP contribution in [0.4, 0.5) is 5.69 Å². The first kappa shape index (κ1) is 12.0. The van der Waals surface area contributed by atoms with Crippen LogP contribution in [0.15, 0.2) is 47.5 Å². The predicted octanol–water partition coefficient (Wildman–Crippen LogP) is 4.45. The molecule has 2 aromatic carbocycles. The van der Waals surface area contributed by atoms with Crippen molar-refractivity contribution in [2.75, 3.05) is 0 Å². The van der Waals surface area contributed by atoms with Crippen LogP contribution in [-0.2, 0) is 0 Å². The van der Waals surface area contributed by atoms with Gasteiger partial charge in [-0.2, -0.15) is 0 Å². The fraction of sp³-hybridized carbons (Fsp3) is 0. The van der Waals surface area contributed by atoms with E-state index in [1.165, 1.54) is 6.07 Å². The molecular formula is C13H9Cl2NO. The second-order valence-electron chi connectivity index (χ2n) is 3.40. The average Bonchev–Trinajstić information content (AvgIpc) is 2.35. The van der Waals surface area contributed by atoms with Crippen molar-refractivity contribution < 1.29 is 5.11 Å². The van der Waals surface area contributed by atoms with Gasteiger partial charge < -0.3 is 5.11 Å². The second-order valence-corrected chi connectivity index (χ2v) is 4.18. The molecule has 0 bridgehead atoms. The minimum atomic E-state index is -0.0312. The zero-order chi connectivity index (χ0) is 12.3. The summed E-state index contributed by atoms with van der Waals surface area (Å²) in [6, 6.07) is 12.6. The zero-order valence-corrected chi connectivity index (χ0v) is 10.3. The standard InChI is InChI=1S/C13H9Cl2NO/c14-10-6-7-11(17)12(15)13(10)16-8-9-4-2-1-3-5-9/h1-8,17H. The van der Waals surface area contributed by atoms with E-state index in [4.69, 9.17) is 23.2 Å². The predicted molar refractivity (Wildman–Crippen MR) is 71.8 cm³/mol. The van der Waals surface area contributed by atoms with Crippen LogP contribution in [0.2, 0.25) is 10.0 Å². The minimum absolute atomic E-state index is 0.0312. The molecule has 0 saturated heterocycles. The van der Waals surface area contributed by atoms with E-state index in [1.807, 2.05) is 30.3 Å². The summed E-state index contributed by atoms with van der Waals surface area (Å²) in [5.74, 6) is -0.0312. The molecule has 0 amide bonds. The number of nitrogens with zero attached hydrogens (tertiary/aromatic N) is 1. The molecular weight excluding hydrogens is 257 g/mol. The fourth-order valence-electron chi connectivity index (χ4n) is 1.33. The molecule has 2 rings (SSSR count). The number of benzene rings is 2. The Balaban J connectivity index is 2.37. The molecule has 0 atom stereocenters. The van der Waals surface area contributed by atoms with Gasteiger partial charge in [-0.05, 0) is 17.7 Å². The Hall–Kier alpha value is -1.51. The Morgan fingerprint density at radius 2 is 1.71 bits per heavy atom. The molecule has 0 saturated carbocycles. The summed E-state index contributed by atoms with van der Waals surface area (Å²) in [4.78, 5) is 4.19. The summed E-state index contributed by atoms with van der Waals surface area (Å²) in [5.41, 5.74) is 1.31. The highest BCUT2D eigenvalue weighted by Crippen LogP contribution is 2.38. The molecule has 1 N–H and O–H groups in total. The first-order valence-corrected chi connectivity index (χ1v) is 5.70. The SMILES string of the molecule is Oc1ccc(Cl)c(N=Cc2ccccc2)c1Cl. The Labute approximate surface area is 109 Å². The number of phenolic OH excluding ortho intramolecular Hbond substituents is 1. The van der Waals surface area contributed by atoms with Gasteiger partial charge in [0.05, 0.1) is 5.02 Å². The number of halogens is 2. The van der Waals surface area contributed by atoms with E-state index in [1.54, 1.807) is 12.3 Å². The highest BCUT2D eigenvalue weighted by Gasteiger charge is 2.08.